The first kappa shape index (κ1) is 8.90. The van der Waals surface area contributed by atoms with E-state index in [1.165, 1.54) is 0 Å². The Hall–Kier alpha value is -2.37. The number of nitrogens with zero attached hydrogens (tertiary/aromatic N) is 1. The molecule has 0 saturated carbocycles. The van der Waals surface area contributed by atoms with Gasteiger partial charge in [0.2, 0.25) is 6.79 Å². The first-order valence-electron chi connectivity index (χ1n) is 4.78. The van der Waals surface area contributed by atoms with Gasteiger partial charge in [0.25, 0.3) is 0 Å². The largest absolute Gasteiger partial charge is 0.454 e. The van der Waals surface area contributed by atoms with Gasteiger partial charge in [0.05, 0.1) is 6.20 Å². The van der Waals surface area contributed by atoms with Crippen molar-refractivity contribution >= 4 is 17.2 Å². The Balaban J connectivity index is 1.88. The Kier molecular flexibility index (Phi) is 1.86. The highest BCUT2D eigenvalue weighted by Gasteiger charge is 2.13. The number of aromatic nitrogens is 2. The zero-order valence-corrected chi connectivity index (χ0v) is 8.36. The van der Waals surface area contributed by atoms with Gasteiger partial charge in [0.1, 0.15) is 11.5 Å². The summed E-state index contributed by atoms with van der Waals surface area (Å²) in [6.45, 7) is 0.270. The summed E-state index contributed by atoms with van der Waals surface area (Å²) in [6, 6.07) is 5.59. The SMILES string of the molecule is Nc1[nH]ncc1Nc1ccc2c(c1)OCO2. The molecule has 0 spiro atoms. The number of nitrogens with one attached hydrogen (secondary N) is 2. The van der Waals surface area contributed by atoms with E-state index in [1.54, 1.807) is 6.20 Å². The number of hydrogen-bond acceptors (Lipinski definition) is 5. The van der Waals surface area contributed by atoms with Crippen LogP contribution in [0.2, 0.25) is 0 Å². The van der Waals surface area contributed by atoms with Gasteiger partial charge < -0.3 is 20.5 Å². The first-order chi connectivity index (χ1) is 7.83. The van der Waals surface area contributed by atoms with Gasteiger partial charge in [-0.2, -0.15) is 5.10 Å². The minimum atomic E-state index is 0.270. The average Bonchev–Trinajstić information content (AvgIpc) is 2.88. The second-order valence-electron chi connectivity index (χ2n) is 3.39. The monoisotopic (exact) mass is 218 g/mol. The number of H-pyrrole nitrogens is 1. The maximum atomic E-state index is 5.66. The molecule has 16 heavy (non-hydrogen) atoms. The van der Waals surface area contributed by atoms with Crippen LogP contribution in [0.1, 0.15) is 0 Å². The minimum Gasteiger partial charge on any atom is -0.454 e. The van der Waals surface area contributed by atoms with Crippen molar-refractivity contribution < 1.29 is 9.47 Å². The number of rotatable bonds is 2. The molecule has 82 valence electrons. The Bertz CT molecular complexity index is 523. The molecule has 2 aromatic rings. The molecule has 1 aromatic heterocycles. The van der Waals surface area contributed by atoms with Crippen LogP contribution in [0.25, 0.3) is 0 Å². The molecule has 1 aliphatic rings. The van der Waals surface area contributed by atoms with E-state index >= 15 is 0 Å². The molecule has 4 N–H and O–H groups in total. The van der Waals surface area contributed by atoms with Crippen molar-refractivity contribution in [3.05, 3.63) is 24.4 Å². The fraction of sp³-hybridized carbons (Fsp3) is 0.100. The third-order valence-corrected chi connectivity index (χ3v) is 2.32. The lowest BCUT2D eigenvalue weighted by Gasteiger charge is -2.05. The van der Waals surface area contributed by atoms with Gasteiger partial charge in [0, 0.05) is 11.8 Å². The van der Waals surface area contributed by atoms with Gasteiger partial charge in [0.15, 0.2) is 11.5 Å². The predicted octanol–water partition coefficient (Wildman–Crippen LogP) is 1.46. The smallest absolute Gasteiger partial charge is 0.231 e. The molecule has 0 radical (unpaired) electrons. The van der Waals surface area contributed by atoms with Crippen LogP contribution < -0.4 is 20.5 Å². The van der Waals surface area contributed by atoms with Gasteiger partial charge in [-0.15, -0.1) is 0 Å². The molecule has 0 saturated heterocycles. The lowest BCUT2D eigenvalue weighted by atomic mass is 10.2. The van der Waals surface area contributed by atoms with E-state index in [2.05, 4.69) is 15.5 Å². The highest BCUT2D eigenvalue weighted by atomic mass is 16.7. The van der Waals surface area contributed by atoms with E-state index < -0.39 is 0 Å². The molecule has 0 unspecified atom stereocenters. The van der Waals surface area contributed by atoms with Crippen molar-refractivity contribution in [2.24, 2.45) is 0 Å². The fourth-order valence-electron chi connectivity index (χ4n) is 1.53. The summed E-state index contributed by atoms with van der Waals surface area (Å²) in [7, 11) is 0. The molecule has 2 heterocycles. The molecule has 1 aliphatic heterocycles. The highest BCUT2D eigenvalue weighted by molar-refractivity contribution is 5.70. The van der Waals surface area contributed by atoms with Gasteiger partial charge in [-0.3, -0.25) is 5.10 Å². The molecule has 0 atom stereocenters. The number of nitrogen functional groups attached to an aromatic ring is 1. The number of hydrogen-bond donors (Lipinski definition) is 3. The van der Waals surface area contributed by atoms with Crippen molar-refractivity contribution in [1.29, 1.82) is 0 Å². The second kappa shape index (κ2) is 3.34. The van der Waals surface area contributed by atoms with E-state index in [9.17, 15) is 0 Å². The Morgan fingerprint density at radius 3 is 3.00 bits per heavy atom. The molecular weight excluding hydrogens is 208 g/mol. The van der Waals surface area contributed by atoms with Crippen LogP contribution >= 0.6 is 0 Å². The fourth-order valence-corrected chi connectivity index (χ4v) is 1.53. The molecule has 3 rings (SSSR count). The number of ether oxygens (including phenoxy) is 2. The van der Waals surface area contributed by atoms with Crippen molar-refractivity contribution in [1.82, 2.24) is 10.2 Å². The number of anilines is 3. The van der Waals surface area contributed by atoms with Gasteiger partial charge in [-0.25, -0.2) is 0 Å². The van der Waals surface area contributed by atoms with Crippen molar-refractivity contribution in [2.75, 3.05) is 17.8 Å². The lowest BCUT2D eigenvalue weighted by molar-refractivity contribution is 0.174. The maximum absolute atomic E-state index is 5.66. The van der Waals surface area contributed by atoms with Crippen molar-refractivity contribution in [2.45, 2.75) is 0 Å². The van der Waals surface area contributed by atoms with Crippen molar-refractivity contribution in [3.63, 3.8) is 0 Å². The number of fused-ring (bicyclic) bond motifs is 1. The summed E-state index contributed by atoms with van der Waals surface area (Å²) in [5, 5.41) is 9.60. The molecule has 6 heteroatoms. The van der Waals surface area contributed by atoms with Crippen molar-refractivity contribution in [3.8, 4) is 11.5 Å². The van der Waals surface area contributed by atoms with E-state index in [1.807, 2.05) is 18.2 Å². The summed E-state index contributed by atoms with van der Waals surface area (Å²) in [5.74, 6) is 1.98. The lowest BCUT2D eigenvalue weighted by Crippen LogP contribution is -1.94. The number of aromatic amines is 1. The summed E-state index contributed by atoms with van der Waals surface area (Å²) in [6.07, 6.45) is 1.62. The van der Waals surface area contributed by atoms with Crippen LogP contribution in [0.4, 0.5) is 17.2 Å². The normalized spacial score (nSPS) is 12.8. The van der Waals surface area contributed by atoms with Crippen LogP contribution in [0.15, 0.2) is 24.4 Å². The molecule has 0 aliphatic carbocycles. The average molecular weight is 218 g/mol. The Labute approximate surface area is 91.4 Å². The van der Waals surface area contributed by atoms with Gasteiger partial charge in [-0.05, 0) is 12.1 Å². The second-order valence-corrected chi connectivity index (χ2v) is 3.39. The molecule has 6 nitrogen and oxygen atoms in total. The quantitative estimate of drug-likeness (QED) is 0.710. The number of nitrogens with two attached hydrogens (primary N) is 1. The van der Waals surface area contributed by atoms with Crippen LogP contribution in [-0.4, -0.2) is 17.0 Å². The zero-order valence-electron chi connectivity index (χ0n) is 8.36. The maximum Gasteiger partial charge on any atom is 0.231 e. The molecule has 0 bridgehead atoms. The topological polar surface area (TPSA) is 85.2 Å². The predicted molar refractivity (Wildman–Crippen MR) is 58.8 cm³/mol. The molecule has 0 amide bonds. The van der Waals surface area contributed by atoms with E-state index in [0.29, 0.717) is 5.82 Å². The highest BCUT2D eigenvalue weighted by Crippen LogP contribution is 2.35. The standard InChI is InChI=1S/C10H10N4O2/c11-10-7(4-12-14-10)13-6-1-2-8-9(3-6)16-5-15-8/h1-4,13H,5H2,(H3,11,12,14). The molecule has 1 aromatic carbocycles. The third kappa shape index (κ3) is 1.40. The van der Waals surface area contributed by atoms with E-state index in [-0.39, 0.29) is 6.79 Å². The third-order valence-electron chi connectivity index (χ3n) is 2.32. The molecule has 0 fully saturated rings. The first-order valence-corrected chi connectivity index (χ1v) is 4.78. The van der Waals surface area contributed by atoms with Gasteiger partial charge >= 0.3 is 0 Å². The zero-order chi connectivity index (χ0) is 11.0. The number of benzene rings is 1. The van der Waals surface area contributed by atoms with Crippen LogP contribution in [0, 0.1) is 0 Å². The van der Waals surface area contributed by atoms with E-state index in [0.717, 1.165) is 22.9 Å². The Morgan fingerprint density at radius 2 is 2.19 bits per heavy atom. The summed E-state index contributed by atoms with van der Waals surface area (Å²) >= 11 is 0. The van der Waals surface area contributed by atoms with Crippen LogP contribution in [0.5, 0.6) is 11.5 Å². The van der Waals surface area contributed by atoms with Gasteiger partial charge in [-0.1, -0.05) is 0 Å². The Morgan fingerprint density at radius 1 is 1.31 bits per heavy atom. The minimum absolute atomic E-state index is 0.270. The van der Waals surface area contributed by atoms with E-state index in [4.69, 9.17) is 15.2 Å². The summed E-state index contributed by atoms with van der Waals surface area (Å²) in [5.41, 5.74) is 7.27. The molecular formula is C10H10N4O2. The summed E-state index contributed by atoms with van der Waals surface area (Å²) in [4.78, 5) is 0. The van der Waals surface area contributed by atoms with Crippen LogP contribution in [-0.2, 0) is 0 Å². The van der Waals surface area contributed by atoms with Crippen LogP contribution in [0.3, 0.4) is 0 Å². The summed E-state index contributed by atoms with van der Waals surface area (Å²) < 4.78 is 10.5.